The van der Waals surface area contributed by atoms with Gasteiger partial charge in [0.05, 0.1) is 11.2 Å². The molecule has 8 nitrogen and oxygen atoms in total. The van der Waals surface area contributed by atoms with Gasteiger partial charge in [0.25, 0.3) is 5.91 Å². The zero-order chi connectivity index (χ0) is 32.7. The molecule has 1 aliphatic heterocycles. The number of benzene rings is 3. The maximum Gasteiger partial charge on any atom is 0.328 e. The molecule has 2 fully saturated rings. The van der Waals surface area contributed by atoms with Gasteiger partial charge in [-0.15, -0.1) is 0 Å². The first-order chi connectivity index (χ1) is 23.5. The van der Waals surface area contributed by atoms with Crippen LogP contribution in [0.15, 0.2) is 78.9 Å². The second kappa shape index (κ2) is 12.4. The third kappa shape index (κ3) is 5.45. The smallest absolute Gasteiger partial charge is 0.328 e. The number of aromatic amines is 1. The Bertz CT molecular complexity index is 2090. The standard InChI is InChI=1S/C40H39N5O3/c46-34(47)20-17-26-10-8-14-29(24-26)37-41-39(44-43-37)40(21-6-7-22-40)42-38(48)30-18-19-32-33(25-30)45-23-9-15-27-11-4-5-16-31(27)36(45)35(32)28-12-2-1-3-13-28/h4-5,8-11,14-20,24-25,28H,1-3,6-7,12-13,21-23H2,(H,42,48)(H,46,47)(H,41,43,44). The van der Waals surface area contributed by atoms with Crippen LogP contribution in [0.4, 0.5) is 0 Å². The summed E-state index contributed by atoms with van der Waals surface area (Å²) >= 11 is 0. The van der Waals surface area contributed by atoms with Gasteiger partial charge < -0.3 is 15.0 Å². The second-order valence-corrected chi connectivity index (χ2v) is 13.5. The van der Waals surface area contributed by atoms with Crippen LogP contribution in [0.5, 0.6) is 0 Å². The number of carbonyl (C=O) groups is 2. The molecule has 2 aromatic heterocycles. The van der Waals surface area contributed by atoms with Crippen molar-refractivity contribution in [2.75, 3.05) is 0 Å². The summed E-state index contributed by atoms with van der Waals surface area (Å²) in [5, 5.41) is 21.3. The van der Waals surface area contributed by atoms with Crippen molar-refractivity contribution < 1.29 is 14.7 Å². The first-order valence-electron chi connectivity index (χ1n) is 17.2. The van der Waals surface area contributed by atoms with E-state index in [1.165, 1.54) is 59.9 Å². The molecule has 5 aromatic rings. The number of carbonyl (C=O) groups excluding carboxylic acids is 1. The number of aliphatic carboxylic acids is 1. The molecule has 1 amide bonds. The summed E-state index contributed by atoms with van der Waals surface area (Å²) in [5.41, 5.74) is 7.87. The van der Waals surface area contributed by atoms with Gasteiger partial charge >= 0.3 is 5.97 Å². The number of hydrogen-bond donors (Lipinski definition) is 3. The van der Waals surface area contributed by atoms with Crippen LogP contribution in [0.2, 0.25) is 0 Å². The van der Waals surface area contributed by atoms with Crippen LogP contribution in [-0.2, 0) is 16.9 Å². The molecule has 8 heteroatoms. The van der Waals surface area contributed by atoms with E-state index in [1.807, 2.05) is 30.3 Å². The number of fused-ring (bicyclic) bond motifs is 5. The molecule has 2 saturated carbocycles. The van der Waals surface area contributed by atoms with Gasteiger partial charge in [-0.3, -0.25) is 9.89 Å². The van der Waals surface area contributed by atoms with Crippen molar-refractivity contribution in [1.29, 1.82) is 0 Å². The summed E-state index contributed by atoms with van der Waals surface area (Å²) in [6, 6.07) is 22.4. The number of rotatable bonds is 7. The number of nitrogens with zero attached hydrogens (tertiary/aromatic N) is 3. The molecule has 48 heavy (non-hydrogen) atoms. The van der Waals surface area contributed by atoms with E-state index in [0.29, 0.717) is 23.1 Å². The molecule has 3 aromatic carbocycles. The molecule has 8 rings (SSSR count). The SMILES string of the molecule is O=C(O)C=Cc1cccc(-c2n[nH]c(C3(NC(=O)c4ccc5c(C6CCCCC6)c6n(c5c4)CC=Cc4ccccc4-6)CCCC3)n2)c1. The van der Waals surface area contributed by atoms with E-state index in [9.17, 15) is 9.59 Å². The highest BCUT2D eigenvalue weighted by atomic mass is 16.4. The second-order valence-electron chi connectivity index (χ2n) is 13.5. The molecule has 3 N–H and O–H groups in total. The lowest BCUT2D eigenvalue weighted by Gasteiger charge is -2.28. The molecule has 3 heterocycles. The maximum atomic E-state index is 14.2. The van der Waals surface area contributed by atoms with E-state index in [-0.39, 0.29) is 5.91 Å². The monoisotopic (exact) mass is 637 g/mol. The molecular formula is C40H39N5O3. The highest BCUT2D eigenvalue weighted by molar-refractivity contribution is 6.01. The number of carboxylic acids is 1. The van der Waals surface area contributed by atoms with E-state index >= 15 is 0 Å². The first kappa shape index (κ1) is 30.1. The van der Waals surface area contributed by atoms with Gasteiger partial charge in [-0.2, -0.15) is 5.10 Å². The minimum atomic E-state index is -1.00. The minimum absolute atomic E-state index is 0.114. The number of aromatic nitrogens is 4. The summed E-state index contributed by atoms with van der Waals surface area (Å²) < 4.78 is 2.42. The van der Waals surface area contributed by atoms with Gasteiger partial charge in [0.15, 0.2) is 11.6 Å². The van der Waals surface area contributed by atoms with E-state index in [1.54, 1.807) is 6.08 Å². The van der Waals surface area contributed by atoms with Crippen LogP contribution < -0.4 is 5.32 Å². The molecule has 0 atom stereocenters. The van der Waals surface area contributed by atoms with Crippen LogP contribution in [0.3, 0.4) is 0 Å². The van der Waals surface area contributed by atoms with Crippen molar-refractivity contribution in [3.05, 3.63) is 107 Å². The van der Waals surface area contributed by atoms with Crippen LogP contribution in [0.1, 0.15) is 96.6 Å². The number of carboxylic acid groups (broad SMARTS) is 1. The van der Waals surface area contributed by atoms with Crippen molar-refractivity contribution in [1.82, 2.24) is 25.1 Å². The Morgan fingerprint density at radius 2 is 1.79 bits per heavy atom. The van der Waals surface area contributed by atoms with Gasteiger partial charge in [0.2, 0.25) is 0 Å². The predicted molar refractivity (Wildman–Crippen MR) is 188 cm³/mol. The Balaban J connectivity index is 1.14. The lowest BCUT2D eigenvalue weighted by molar-refractivity contribution is -0.131. The Labute approximate surface area is 279 Å². The van der Waals surface area contributed by atoms with Crippen molar-refractivity contribution in [2.24, 2.45) is 0 Å². The Morgan fingerprint density at radius 1 is 0.958 bits per heavy atom. The highest BCUT2D eigenvalue weighted by Crippen LogP contribution is 2.46. The zero-order valence-corrected chi connectivity index (χ0v) is 26.9. The lowest BCUT2D eigenvalue weighted by Crippen LogP contribution is -2.44. The number of allylic oxidation sites excluding steroid dienone is 1. The van der Waals surface area contributed by atoms with Gasteiger partial charge in [0, 0.05) is 40.2 Å². The summed E-state index contributed by atoms with van der Waals surface area (Å²) in [7, 11) is 0. The molecule has 0 bridgehead atoms. The predicted octanol–water partition coefficient (Wildman–Crippen LogP) is 8.47. The fraction of sp³-hybridized carbons (Fsp3) is 0.300. The first-order valence-corrected chi connectivity index (χ1v) is 17.2. The van der Waals surface area contributed by atoms with Crippen molar-refractivity contribution >= 4 is 34.9 Å². The van der Waals surface area contributed by atoms with Gasteiger partial charge in [-0.1, -0.05) is 92.8 Å². The zero-order valence-electron chi connectivity index (χ0n) is 26.9. The third-order valence-corrected chi connectivity index (χ3v) is 10.5. The maximum absolute atomic E-state index is 14.2. The van der Waals surface area contributed by atoms with Crippen LogP contribution in [0, 0.1) is 0 Å². The van der Waals surface area contributed by atoms with Crippen LogP contribution in [-0.4, -0.2) is 36.7 Å². The Morgan fingerprint density at radius 3 is 2.62 bits per heavy atom. The average molecular weight is 638 g/mol. The summed E-state index contributed by atoms with van der Waals surface area (Å²) in [6.07, 6.45) is 16.9. The summed E-state index contributed by atoms with van der Waals surface area (Å²) in [5.74, 6) is 0.556. The number of amides is 1. The largest absolute Gasteiger partial charge is 0.478 e. The molecule has 242 valence electrons. The fourth-order valence-electron chi connectivity index (χ4n) is 8.19. The number of hydrogen-bond acceptors (Lipinski definition) is 4. The highest BCUT2D eigenvalue weighted by Gasteiger charge is 2.40. The van der Waals surface area contributed by atoms with Crippen LogP contribution >= 0.6 is 0 Å². The van der Waals surface area contributed by atoms with Crippen molar-refractivity contribution in [2.45, 2.75) is 75.8 Å². The van der Waals surface area contributed by atoms with E-state index in [4.69, 9.17) is 10.1 Å². The number of H-pyrrole nitrogens is 1. The summed E-state index contributed by atoms with van der Waals surface area (Å²) in [6.45, 7) is 0.760. The Hall–Kier alpha value is -5.24. The Kier molecular flexibility index (Phi) is 7.79. The van der Waals surface area contributed by atoms with Gasteiger partial charge in [-0.25, -0.2) is 9.78 Å². The quantitative estimate of drug-likeness (QED) is 0.155. The van der Waals surface area contributed by atoms with Crippen LogP contribution in [0.25, 0.3) is 45.7 Å². The summed E-state index contributed by atoms with van der Waals surface area (Å²) in [4.78, 5) is 30.0. The van der Waals surface area contributed by atoms with E-state index in [0.717, 1.165) is 54.9 Å². The van der Waals surface area contributed by atoms with E-state index < -0.39 is 11.5 Å². The molecule has 0 radical (unpaired) electrons. The number of nitrogens with one attached hydrogen (secondary N) is 2. The topological polar surface area (TPSA) is 113 Å². The lowest BCUT2D eigenvalue weighted by atomic mass is 9.81. The molecule has 0 unspecified atom stereocenters. The normalized spacial score (nSPS) is 17.3. The average Bonchev–Trinajstić information content (AvgIpc) is 3.84. The van der Waals surface area contributed by atoms with Gasteiger partial charge in [0.1, 0.15) is 0 Å². The molecule has 0 saturated heterocycles. The molecule has 2 aliphatic carbocycles. The molecule has 3 aliphatic rings. The van der Waals surface area contributed by atoms with Gasteiger partial charge in [-0.05, 0) is 72.6 Å². The minimum Gasteiger partial charge on any atom is -0.478 e. The van der Waals surface area contributed by atoms with Crippen molar-refractivity contribution in [3.8, 4) is 22.6 Å². The van der Waals surface area contributed by atoms with E-state index in [2.05, 4.69) is 68.6 Å². The fourth-order valence-corrected chi connectivity index (χ4v) is 8.19. The molecule has 0 spiro atoms. The van der Waals surface area contributed by atoms with Crippen molar-refractivity contribution in [3.63, 3.8) is 0 Å². The molecular weight excluding hydrogens is 598 g/mol. The third-order valence-electron chi connectivity index (χ3n) is 10.5.